The number of carbonyl (C=O) groups is 1. The van der Waals surface area contributed by atoms with Crippen LogP contribution in [0, 0.1) is 5.92 Å². The highest BCUT2D eigenvalue weighted by atomic mass is 16.5. The lowest BCUT2D eigenvalue weighted by atomic mass is 9.70. The van der Waals surface area contributed by atoms with E-state index in [0.29, 0.717) is 6.42 Å². The SMILES string of the molecule is CC(C)=CCC[C@@]1(C)Oc2ccc(O)cc2C2=CC(=O)CC[C@@H]21. The van der Waals surface area contributed by atoms with Gasteiger partial charge in [0.2, 0.25) is 0 Å². The maximum Gasteiger partial charge on any atom is 0.156 e. The number of ketones is 1. The molecule has 1 N–H and O–H groups in total. The van der Waals surface area contributed by atoms with Gasteiger partial charge in [-0.15, -0.1) is 0 Å². The molecule has 1 aromatic carbocycles. The Morgan fingerprint density at radius 2 is 2.22 bits per heavy atom. The summed E-state index contributed by atoms with van der Waals surface area (Å²) in [5.41, 5.74) is 2.88. The van der Waals surface area contributed by atoms with Crippen molar-refractivity contribution in [2.45, 2.75) is 52.1 Å². The first-order valence-electron chi connectivity index (χ1n) is 8.29. The van der Waals surface area contributed by atoms with Crippen molar-refractivity contribution in [2.24, 2.45) is 5.92 Å². The van der Waals surface area contributed by atoms with Gasteiger partial charge >= 0.3 is 0 Å². The normalized spacial score (nSPS) is 25.8. The topological polar surface area (TPSA) is 46.5 Å². The minimum Gasteiger partial charge on any atom is -0.508 e. The van der Waals surface area contributed by atoms with Gasteiger partial charge in [-0.1, -0.05) is 11.6 Å². The van der Waals surface area contributed by atoms with Gasteiger partial charge in [0, 0.05) is 17.9 Å². The Balaban J connectivity index is 2.01. The average Bonchev–Trinajstić information content (AvgIpc) is 2.48. The van der Waals surface area contributed by atoms with E-state index >= 15 is 0 Å². The molecule has 0 unspecified atom stereocenters. The second-order valence-electron chi connectivity index (χ2n) is 7.07. The molecule has 3 nitrogen and oxygen atoms in total. The van der Waals surface area contributed by atoms with Crippen molar-refractivity contribution >= 4 is 11.4 Å². The predicted molar refractivity (Wildman–Crippen MR) is 91.5 cm³/mol. The Hall–Kier alpha value is -2.03. The average molecular weight is 312 g/mol. The number of carbonyl (C=O) groups excluding carboxylic acids is 1. The van der Waals surface area contributed by atoms with E-state index in [9.17, 15) is 9.90 Å². The zero-order valence-electron chi connectivity index (χ0n) is 14.1. The third-order valence-electron chi connectivity index (χ3n) is 4.92. The molecular weight excluding hydrogens is 288 g/mol. The Morgan fingerprint density at radius 1 is 1.43 bits per heavy atom. The Bertz CT molecular complexity index is 695. The monoisotopic (exact) mass is 312 g/mol. The number of phenols is 1. The molecule has 0 saturated carbocycles. The van der Waals surface area contributed by atoms with Crippen molar-refractivity contribution in [1.29, 1.82) is 0 Å². The first kappa shape index (κ1) is 15.9. The number of rotatable bonds is 3. The van der Waals surface area contributed by atoms with Crippen molar-refractivity contribution in [2.75, 3.05) is 0 Å². The lowest BCUT2D eigenvalue weighted by Crippen LogP contribution is -2.45. The maximum atomic E-state index is 11.9. The number of hydrogen-bond acceptors (Lipinski definition) is 3. The summed E-state index contributed by atoms with van der Waals surface area (Å²) in [6.07, 6.45) is 7.25. The Kier molecular flexibility index (Phi) is 4.05. The van der Waals surface area contributed by atoms with Crippen LogP contribution in [-0.4, -0.2) is 16.5 Å². The van der Waals surface area contributed by atoms with E-state index in [0.717, 1.165) is 36.1 Å². The third kappa shape index (κ3) is 3.05. The molecule has 0 amide bonds. The van der Waals surface area contributed by atoms with Crippen LogP contribution in [0.5, 0.6) is 11.5 Å². The van der Waals surface area contributed by atoms with Gasteiger partial charge in [-0.3, -0.25) is 4.79 Å². The molecule has 3 heteroatoms. The third-order valence-corrected chi connectivity index (χ3v) is 4.92. The highest BCUT2D eigenvalue weighted by Crippen LogP contribution is 2.50. The van der Waals surface area contributed by atoms with E-state index in [4.69, 9.17) is 4.74 Å². The lowest BCUT2D eigenvalue weighted by Gasteiger charge is -2.45. The number of hydrogen-bond donors (Lipinski definition) is 1. The summed E-state index contributed by atoms with van der Waals surface area (Å²) in [5.74, 6) is 1.33. The van der Waals surface area contributed by atoms with E-state index in [1.165, 1.54) is 5.57 Å². The molecule has 122 valence electrons. The van der Waals surface area contributed by atoms with Crippen LogP contribution >= 0.6 is 0 Å². The fraction of sp³-hybridized carbons (Fsp3) is 0.450. The van der Waals surface area contributed by atoms with Crippen LogP contribution in [0.3, 0.4) is 0 Å². The molecule has 3 rings (SSSR count). The summed E-state index contributed by atoms with van der Waals surface area (Å²) in [6.45, 7) is 6.36. The Morgan fingerprint density at radius 3 is 2.96 bits per heavy atom. The number of phenolic OH excluding ortho intramolecular Hbond substituents is 1. The fourth-order valence-corrected chi connectivity index (χ4v) is 3.72. The largest absolute Gasteiger partial charge is 0.508 e. The maximum absolute atomic E-state index is 11.9. The van der Waals surface area contributed by atoms with Crippen molar-refractivity contribution in [3.8, 4) is 11.5 Å². The van der Waals surface area contributed by atoms with Gasteiger partial charge in [0.1, 0.15) is 17.1 Å². The van der Waals surface area contributed by atoms with Crippen LogP contribution < -0.4 is 4.74 Å². The Labute approximate surface area is 137 Å². The molecule has 0 fully saturated rings. The standard InChI is InChI=1S/C20H24O3/c1-13(2)5-4-10-20(3)18-8-6-14(21)11-16(18)17-12-15(22)7-9-19(17)23-20/h5,7,9,11-12,18,22H,4,6,8,10H2,1-3H3/t18-,20+/m0/s1. The van der Waals surface area contributed by atoms with Gasteiger partial charge in [-0.2, -0.15) is 0 Å². The van der Waals surface area contributed by atoms with Gasteiger partial charge in [0.15, 0.2) is 5.78 Å². The zero-order valence-corrected chi connectivity index (χ0v) is 14.1. The molecule has 0 spiro atoms. The van der Waals surface area contributed by atoms with Crippen LogP contribution in [-0.2, 0) is 4.79 Å². The molecule has 0 radical (unpaired) electrons. The van der Waals surface area contributed by atoms with Crippen LogP contribution in [0.15, 0.2) is 35.9 Å². The van der Waals surface area contributed by atoms with Crippen molar-refractivity contribution < 1.29 is 14.6 Å². The summed E-state index contributed by atoms with van der Waals surface area (Å²) in [7, 11) is 0. The summed E-state index contributed by atoms with van der Waals surface area (Å²) in [5, 5.41) is 9.80. The van der Waals surface area contributed by atoms with E-state index in [-0.39, 0.29) is 23.1 Å². The molecule has 0 bridgehead atoms. The first-order valence-corrected chi connectivity index (χ1v) is 8.29. The highest BCUT2D eigenvalue weighted by molar-refractivity contribution is 6.00. The van der Waals surface area contributed by atoms with Crippen LogP contribution in [0.4, 0.5) is 0 Å². The van der Waals surface area contributed by atoms with Crippen molar-refractivity contribution in [1.82, 2.24) is 0 Å². The van der Waals surface area contributed by atoms with Crippen LogP contribution in [0.1, 0.15) is 52.0 Å². The van der Waals surface area contributed by atoms with E-state index in [2.05, 4.69) is 26.8 Å². The molecular formula is C20H24O3. The predicted octanol–water partition coefficient (Wildman–Crippen LogP) is 4.65. The van der Waals surface area contributed by atoms with E-state index < -0.39 is 0 Å². The van der Waals surface area contributed by atoms with Gasteiger partial charge in [-0.25, -0.2) is 0 Å². The van der Waals surface area contributed by atoms with Gasteiger partial charge in [0.05, 0.1) is 0 Å². The summed E-state index contributed by atoms with van der Waals surface area (Å²) >= 11 is 0. The molecule has 0 saturated heterocycles. The highest BCUT2D eigenvalue weighted by Gasteiger charge is 2.44. The number of ether oxygens (including phenoxy) is 1. The van der Waals surface area contributed by atoms with E-state index in [1.807, 2.05) is 0 Å². The van der Waals surface area contributed by atoms with Crippen molar-refractivity contribution in [3.05, 3.63) is 41.5 Å². The second-order valence-corrected chi connectivity index (χ2v) is 7.07. The molecule has 2 atom stereocenters. The summed E-state index contributed by atoms with van der Waals surface area (Å²) in [4.78, 5) is 11.9. The molecule has 1 aromatic rings. The van der Waals surface area contributed by atoms with Crippen molar-refractivity contribution in [3.63, 3.8) is 0 Å². The molecule has 0 aromatic heterocycles. The molecule has 1 heterocycles. The first-order chi connectivity index (χ1) is 10.9. The lowest BCUT2D eigenvalue weighted by molar-refractivity contribution is -0.115. The van der Waals surface area contributed by atoms with Crippen LogP contribution in [0.25, 0.3) is 5.57 Å². The zero-order chi connectivity index (χ0) is 16.6. The second kappa shape index (κ2) is 5.88. The summed E-state index contributed by atoms with van der Waals surface area (Å²) in [6, 6.07) is 5.16. The fourth-order valence-electron chi connectivity index (χ4n) is 3.72. The minimum atomic E-state index is -0.317. The van der Waals surface area contributed by atoms with Gasteiger partial charge in [0.25, 0.3) is 0 Å². The minimum absolute atomic E-state index is 0.166. The quantitative estimate of drug-likeness (QED) is 0.826. The molecule has 1 aliphatic carbocycles. The number of allylic oxidation sites excluding steroid dienone is 3. The van der Waals surface area contributed by atoms with Crippen LogP contribution in [0.2, 0.25) is 0 Å². The molecule has 1 aliphatic heterocycles. The molecule has 2 aliphatic rings. The van der Waals surface area contributed by atoms with E-state index in [1.54, 1.807) is 24.3 Å². The van der Waals surface area contributed by atoms with Gasteiger partial charge in [-0.05, 0) is 69.9 Å². The van der Waals surface area contributed by atoms with Gasteiger partial charge < -0.3 is 9.84 Å². The number of aromatic hydroxyl groups is 1. The molecule has 23 heavy (non-hydrogen) atoms. The number of benzene rings is 1. The summed E-state index contributed by atoms with van der Waals surface area (Å²) < 4.78 is 6.37. The smallest absolute Gasteiger partial charge is 0.156 e. The number of fused-ring (bicyclic) bond motifs is 3.